The molecule has 3 heteroatoms. The second-order valence-corrected chi connectivity index (χ2v) is 4.97. The highest BCUT2D eigenvalue weighted by Gasteiger charge is 2.21. The Hall–Kier alpha value is -1.37. The van der Waals surface area contributed by atoms with Crippen LogP contribution in [0.3, 0.4) is 0 Å². The highest BCUT2D eigenvalue weighted by Crippen LogP contribution is 2.16. The molecule has 18 heavy (non-hydrogen) atoms. The van der Waals surface area contributed by atoms with Crippen LogP contribution < -0.4 is 5.32 Å². The van der Waals surface area contributed by atoms with Crippen molar-refractivity contribution in [3.63, 3.8) is 0 Å². The molecule has 0 amide bonds. The Balaban J connectivity index is 1.91. The van der Waals surface area contributed by atoms with Crippen molar-refractivity contribution in [1.29, 1.82) is 5.26 Å². The molecule has 1 aromatic carbocycles. The van der Waals surface area contributed by atoms with Crippen molar-refractivity contribution >= 4 is 0 Å². The Morgan fingerprint density at radius 1 is 1.56 bits per heavy atom. The maximum Gasteiger partial charge on any atom is 0.0991 e. The van der Waals surface area contributed by atoms with Crippen molar-refractivity contribution in [1.82, 2.24) is 5.32 Å². The van der Waals surface area contributed by atoms with Crippen molar-refractivity contribution in [3.8, 4) is 6.07 Å². The van der Waals surface area contributed by atoms with Gasteiger partial charge in [0.15, 0.2) is 0 Å². The van der Waals surface area contributed by atoms with Crippen molar-refractivity contribution in [3.05, 3.63) is 34.9 Å². The van der Waals surface area contributed by atoms with Crippen molar-refractivity contribution in [2.24, 2.45) is 0 Å². The highest BCUT2D eigenvalue weighted by atomic mass is 16.5. The van der Waals surface area contributed by atoms with E-state index in [1.165, 1.54) is 17.5 Å². The van der Waals surface area contributed by atoms with Crippen molar-refractivity contribution in [2.75, 3.05) is 6.61 Å². The number of benzene rings is 1. The average Bonchev–Trinajstić information content (AvgIpc) is 2.90. The third kappa shape index (κ3) is 3.10. The molecule has 96 valence electrons. The molecule has 1 aliphatic heterocycles. The van der Waals surface area contributed by atoms with Gasteiger partial charge in [0.05, 0.1) is 17.7 Å². The number of rotatable bonds is 4. The van der Waals surface area contributed by atoms with E-state index < -0.39 is 0 Å². The zero-order chi connectivity index (χ0) is 13.0. The highest BCUT2D eigenvalue weighted by molar-refractivity contribution is 5.37. The number of nitriles is 1. The summed E-state index contributed by atoms with van der Waals surface area (Å²) in [6, 6.07) is 8.39. The fourth-order valence-electron chi connectivity index (χ4n) is 2.36. The summed E-state index contributed by atoms with van der Waals surface area (Å²) >= 11 is 0. The van der Waals surface area contributed by atoms with E-state index in [2.05, 4.69) is 25.2 Å². The number of nitrogens with zero attached hydrogens (tertiary/aromatic N) is 1. The van der Waals surface area contributed by atoms with Gasteiger partial charge in [0.25, 0.3) is 0 Å². The normalized spacial score (nSPS) is 20.6. The van der Waals surface area contributed by atoms with E-state index in [0.717, 1.165) is 25.1 Å². The van der Waals surface area contributed by atoms with E-state index in [4.69, 9.17) is 10.00 Å². The van der Waals surface area contributed by atoms with Crippen LogP contribution in [-0.2, 0) is 11.3 Å². The standard InChI is InChI=1S/C15H20N2O/c1-11-8-13(9-16)5-6-14(11)10-17-12(2)15-4-3-7-18-15/h5-6,8,12,15,17H,3-4,7,10H2,1-2H3. The Morgan fingerprint density at radius 3 is 3.00 bits per heavy atom. The lowest BCUT2D eigenvalue weighted by Crippen LogP contribution is -2.36. The van der Waals surface area contributed by atoms with Gasteiger partial charge in [0.1, 0.15) is 0 Å². The van der Waals surface area contributed by atoms with E-state index in [-0.39, 0.29) is 0 Å². The minimum absolute atomic E-state index is 0.351. The van der Waals surface area contributed by atoms with E-state index in [1.807, 2.05) is 18.2 Å². The van der Waals surface area contributed by atoms with E-state index in [1.54, 1.807) is 0 Å². The average molecular weight is 244 g/mol. The van der Waals surface area contributed by atoms with Crippen LogP contribution in [0.5, 0.6) is 0 Å². The zero-order valence-electron chi connectivity index (χ0n) is 11.1. The summed E-state index contributed by atoms with van der Waals surface area (Å²) in [5, 5.41) is 12.3. The van der Waals surface area contributed by atoms with Gasteiger partial charge in [-0.2, -0.15) is 5.26 Å². The Kier molecular flexibility index (Phi) is 4.35. The molecule has 0 bridgehead atoms. The molecule has 0 radical (unpaired) electrons. The number of hydrogen-bond acceptors (Lipinski definition) is 3. The van der Waals surface area contributed by atoms with Crippen LogP contribution in [0.4, 0.5) is 0 Å². The molecule has 0 spiro atoms. The number of aryl methyl sites for hydroxylation is 1. The molecule has 1 saturated heterocycles. The Bertz CT molecular complexity index is 444. The molecule has 2 unspecified atom stereocenters. The van der Waals surface area contributed by atoms with Gasteiger partial charge in [0.2, 0.25) is 0 Å². The lowest BCUT2D eigenvalue weighted by Gasteiger charge is -2.20. The van der Waals surface area contributed by atoms with Gasteiger partial charge in [-0.3, -0.25) is 0 Å². The molecule has 3 nitrogen and oxygen atoms in total. The van der Waals surface area contributed by atoms with Gasteiger partial charge >= 0.3 is 0 Å². The first-order valence-corrected chi connectivity index (χ1v) is 6.55. The molecule has 0 aliphatic carbocycles. The Morgan fingerprint density at radius 2 is 2.39 bits per heavy atom. The van der Waals surface area contributed by atoms with Crippen LogP contribution in [0, 0.1) is 18.3 Å². The molecule has 0 aromatic heterocycles. The molecule has 2 rings (SSSR count). The Labute approximate surface area is 109 Å². The van der Waals surface area contributed by atoms with Crippen LogP contribution in [0.2, 0.25) is 0 Å². The summed E-state index contributed by atoms with van der Waals surface area (Å²) in [5.41, 5.74) is 3.14. The summed E-state index contributed by atoms with van der Waals surface area (Å²) in [6.07, 6.45) is 2.68. The predicted octanol–water partition coefficient (Wildman–Crippen LogP) is 2.52. The first-order chi connectivity index (χ1) is 8.70. The smallest absolute Gasteiger partial charge is 0.0991 e. The zero-order valence-corrected chi connectivity index (χ0v) is 11.1. The molecular formula is C15H20N2O. The quantitative estimate of drug-likeness (QED) is 0.885. The molecule has 0 saturated carbocycles. The summed E-state index contributed by atoms with van der Waals surface area (Å²) in [5.74, 6) is 0. The SMILES string of the molecule is Cc1cc(C#N)ccc1CNC(C)C1CCCO1. The second-order valence-electron chi connectivity index (χ2n) is 4.97. The fourth-order valence-corrected chi connectivity index (χ4v) is 2.36. The fraction of sp³-hybridized carbons (Fsp3) is 0.533. The summed E-state index contributed by atoms with van der Waals surface area (Å²) < 4.78 is 5.66. The maximum absolute atomic E-state index is 8.83. The van der Waals surface area contributed by atoms with Gasteiger partial charge in [-0.15, -0.1) is 0 Å². The number of ether oxygens (including phenoxy) is 1. The van der Waals surface area contributed by atoms with E-state index in [0.29, 0.717) is 12.1 Å². The van der Waals surface area contributed by atoms with Gasteiger partial charge in [-0.1, -0.05) is 6.07 Å². The minimum Gasteiger partial charge on any atom is -0.377 e. The third-order valence-electron chi connectivity index (χ3n) is 3.61. The number of nitrogens with one attached hydrogen (secondary N) is 1. The lowest BCUT2D eigenvalue weighted by atomic mass is 10.0. The van der Waals surface area contributed by atoms with Crippen molar-refractivity contribution in [2.45, 2.75) is 45.4 Å². The molecule has 1 fully saturated rings. The summed E-state index contributed by atoms with van der Waals surface area (Å²) in [7, 11) is 0. The minimum atomic E-state index is 0.351. The van der Waals surface area contributed by atoms with Crippen LogP contribution in [0.1, 0.15) is 36.5 Å². The van der Waals surface area contributed by atoms with Crippen LogP contribution >= 0.6 is 0 Å². The van der Waals surface area contributed by atoms with Crippen molar-refractivity contribution < 1.29 is 4.74 Å². The topological polar surface area (TPSA) is 45.0 Å². The first-order valence-electron chi connectivity index (χ1n) is 6.55. The molecular weight excluding hydrogens is 224 g/mol. The van der Waals surface area contributed by atoms with Gasteiger partial charge in [0, 0.05) is 19.2 Å². The van der Waals surface area contributed by atoms with Crippen LogP contribution in [0.25, 0.3) is 0 Å². The summed E-state index contributed by atoms with van der Waals surface area (Å²) in [6.45, 7) is 5.95. The largest absolute Gasteiger partial charge is 0.377 e. The molecule has 1 N–H and O–H groups in total. The first kappa shape index (κ1) is 13.1. The molecule has 1 aliphatic rings. The molecule has 1 aromatic rings. The van der Waals surface area contributed by atoms with Gasteiger partial charge in [-0.05, 0) is 49.9 Å². The van der Waals surface area contributed by atoms with E-state index >= 15 is 0 Å². The maximum atomic E-state index is 8.83. The summed E-state index contributed by atoms with van der Waals surface area (Å²) in [4.78, 5) is 0. The predicted molar refractivity (Wildman–Crippen MR) is 71.2 cm³/mol. The molecule has 1 heterocycles. The van der Waals surface area contributed by atoms with Gasteiger partial charge < -0.3 is 10.1 Å². The second kappa shape index (κ2) is 5.99. The molecule has 2 atom stereocenters. The lowest BCUT2D eigenvalue weighted by molar-refractivity contribution is 0.0832. The van der Waals surface area contributed by atoms with Crippen LogP contribution in [-0.4, -0.2) is 18.8 Å². The van der Waals surface area contributed by atoms with Crippen LogP contribution in [0.15, 0.2) is 18.2 Å². The van der Waals surface area contributed by atoms with E-state index in [9.17, 15) is 0 Å². The third-order valence-corrected chi connectivity index (χ3v) is 3.61. The monoisotopic (exact) mass is 244 g/mol. The number of hydrogen-bond donors (Lipinski definition) is 1. The van der Waals surface area contributed by atoms with Gasteiger partial charge in [-0.25, -0.2) is 0 Å².